The molecule has 1 aliphatic rings. The lowest BCUT2D eigenvalue weighted by molar-refractivity contribution is 0.0992. The Hall–Kier alpha value is -2.94. The normalized spacial score (nSPS) is 14.9. The molecule has 0 radical (unpaired) electrons. The van der Waals surface area contributed by atoms with Gasteiger partial charge in [0.25, 0.3) is 5.91 Å². The SMILES string of the molecule is CN(C(=O)c1nccs1)c1cnc(NCC2(c3ncccc3F)CCC2)nc1. The monoisotopic (exact) mass is 398 g/mol. The van der Waals surface area contributed by atoms with Crippen molar-refractivity contribution in [3.05, 3.63) is 58.8 Å². The molecule has 1 saturated carbocycles. The van der Waals surface area contributed by atoms with Crippen molar-refractivity contribution in [2.45, 2.75) is 24.7 Å². The fourth-order valence-electron chi connectivity index (χ4n) is 3.30. The molecule has 0 saturated heterocycles. The van der Waals surface area contributed by atoms with Gasteiger partial charge in [-0.15, -0.1) is 11.3 Å². The van der Waals surface area contributed by atoms with E-state index in [0.717, 1.165) is 19.3 Å². The van der Waals surface area contributed by atoms with Gasteiger partial charge >= 0.3 is 0 Å². The van der Waals surface area contributed by atoms with E-state index in [4.69, 9.17) is 0 Å². The fourth-order valence-corrected chi connectivity index (χ4v) is 3.91. The summed E-state index contributed by atoms with van der Waals surface area (Å²) in [4.78, 5) is 30.7. The third-order valence-corrected chi connectivity index (χ3v) is 5.86. The second kappa shape index (κ2) is 7.59. The van der Waals surface area contributed by atoms with Crippen LogP contribution in [0.15, 0.2) is 42.3 Å². The third-order valence-electron chi connectivity index (χ3n) is 5.10. The van der Waals surface area contributed by atoms with E-state index in [-0.39, 0.29) is 17.1 Å². The molecule has 0 spiro atoms. The molecular formula is C19H19FN6OS. The Morgan fingerprint density at radius 2 is 2.04 bits per heavy atom. The maximum Gasteiger partial charge on any atom is 0.287 e. The van der Waals surface area contributed by atoms with Crippen molar-refractivity contribution >= 4 is 28.9 Å². The van der Waals surface area contributed by atoms with Gasteiger partial charge < -0.3 is 10.2 Å². The minimum Gasteiger partial charge on any atom is -0.353 e. The Labute approximate surface area is 165 Å². The topological polar surface area (TPSA) is 83.9 Å². The number of halogens is 1. The van der Waals surface area contributed by atoms with Crippen LogP contribution in [-0.2, 0) is 5.41 Å². The molecule has 0 unspecified atom stereocenters. The molecule has 0 aliphatic heterocycles. The van der Waals surface area contributed by atoms with Crippen molar-refractivity contribution in [3.8, 4) is 0 Å². The molecule has 1 amide bonds. The maximum atomic E-state index is 14.2. The van der Waals surface area contributed by atoms with Gasteiger partial charge in [0.05, 0.1) is 23.8 Å². The molecule has 3 aromatic heterocycles. The van der Waals surface area contributed by atoms with Gasteiger partial charge in [0.2, 0.25) is 5.95 Å². The third kappa shape index (κ3) is 3.45. The van der Waals surface area contributed by atoms with Gasteiger partial charge in [-0.05, 0) is 25.0 Å². The number of rotatable bonds is 6. The first-order valence-corrected chi connectivity index (χ1v) is 9.81. The van der Waals surface area contributed by atoms with Crippen molar-refractivity contribution in [1.82, 2.24) is 19.9 Å². The first kappa shape index (κ1) is 18.4. The molecule has 0 atom stereocenters. The van der Waals surface area contributed by atoms with E-state index < -0.39 is 0 Å². The fraction of sp³-hybridized carbons (Fsp3) is 0.316. The Bertz CT molecular complexity index is 959. The van der Waals surface area contributed by atoms with Gasteiger partial charge in [-0.25, -0.2) is 19.3 Å². The van der Waals surface area contributed by atoms with Crippen LogP contribution in [0, 0.1) is 5.82 Å². The van der Waals surface area contributed by atoms with Crippen LogP contribution in [0.2, 0.25) is 0 Å². The second-order valence-corrected chi connectivity index (χ2v) is 7.68. The van der Waals surface area contributed by atoms with E-state index in [2.05, 4.69) is 25.3 Å². The van der Waals surface area contributed by atoms with E-state index in [0.29, 0.717) is 28.9 Å². The van der Waals surface area contributed by atoms with E-state index in [1.165, 1.54) is 22.3 Å². The summed E-state index contributed by atoms with van der Waals surface area (Å²) in [7, 11) is 1.66. The van der Waals surface area contributed by atoms with Crippen molar-refractivity contribution in [2.24, 2.45) is 0 Å². The number of pyridine rings is 1. The van der Waals surface area contributed by atoms with Gasteiger partial charge in [-0.2, -0.15) is 0 Å². The number of nitrogens with zero attached hydrogens (tertiary/aromatic N) is 5. The zero-order chi connectivity index (χ0) is 19.6. The summed E-state index contributed by atoms with van der Waals surface area (Å²) >= 11 is 1.28. The van der Waals surface area contributed by atoms with Crippen LogP contribution in [0.3, 0.4) is 0 Å². The molecule has 1 aliphatic carbocycles. The van der Waals surface area contributed by atoms with E-state index in [1.807, 2.05) is 0 Å². The van der Waals surface area contributed by atoms with Crippen LogP contribution in [0.4, 0.5) is 16.0 Å². The summed E-state index contributed by atoms with van der Waals surface area (Å²) in [6.45, 7) is 0.508. The Kier molecular flexibility index (Phi) is 4.99. The largest absolute Gasteiger partial charge is 0.353 e. The van der Waals surface area contributed by atoms with Gasteiger partial charge in [0.15, 0.2) is 5.01 Å². The minimum absolute atomic E-state index is 0.210. The van der Waals surface area contributed by atoms with E-state index in [1.54, 1.807) is 43.3 Å². The average molecular weight is 398 g/mol. The Morgan fingerprint density at radius 3 is 2.64 bits per heavy atom. The summed E-state index contributed by atoms with van der Waals surface area (Å²) in [5.41, 5.74) is 0.740. The van der Waals surface area contributed by atoms with Crippen LogP contribution in [0.5, 0.6) is 0 Å². The van der Waals surface area contributed by atoms with Crippen molar-refractivity contribution < 1.29 is 9.18 Å². The number of thiazole rings is 1. The highest BCUT2D eigenvalue weighted by molar-refractivity contribution is 7.11. The van der Waals surface area contributed by atoms with E-state index >= 15 is 0 Å². The van der Waals surface area contributed by atoms with Crippen molar-refractivity contribution in [3.63, 3.8) is 0 Å². The summed E-state index contributed by atoms with van der Waals surface area (Å²) < 4.78 is 14.2. The number of anilines is 2. The minimum atomic E-state index is -0.328. The quantitative estimate of drug-likeness (QED) is 0.686. The Morgan fingerprint density at radius 1 is 1.25 bits per heavy atom. The summed E-state index contributed by atoms with van der Waals surface area (Å²) in [6.07, 6.45) is 9.16. The summed E-state index contributed by atoms with van der Waals surface area (Å²) in [5.74, 6) is -0.0533. The molecular weight excluding hydrogens is 379 g/mol. The van der Waals surface area contributed by atoms with Crippen LogP contribution < -0.4 is 10.2 Å². The molecule has 7 nitrogen and oxygen atoms in total. The second-order valence-electron chi connectivity index (χ2n) is 6.79. The predicted molar refractivity (Wildman–Crippen MR) is 105 cm³/mol. The highest BCUT2D eigenvalue weighted by atomic mass is 32.1. The summed E-state index contributed by atoms with van der Waals surface area (Å²) in [5, 5.41) is 5.36. The Balaban J connectivity index is 1.43. The van der Waals surface area contributed by atoms with Gasteiger partial charge in [0.1, 0.15) is 5.82 Å². The molecule has 0 bridgehead atoms. The van der Waals surface area contributed by atoms with Crippen LogP contribution in [0.25, 0.3) is 0 Å². The number of hydrogen-bond acceptors (Lipinski definition) is 7. The lowest BCUT2D eigenvalue weighted by Crippen LogP contribution is -2.42. The zero-order valence-corrected chi connectivity index (χ0v) is 16.1. The first-order valence-electron chi connectivity index (χ1n) is 8.93. The van der Waals surface area contributed by atoms with E-state index in [9.17, 15) is 9.18 Å². The highest BCUT2D eigenvalue weighted by Gasteiger charge is 2.41. The first-order chi connectivity index (χ1) is 13.6. The average Bonchev–Trinajstić information content (AvgIpc) is 3.22. The standard InChI is InChI=1S/C19H19FN6OS/c1-26(17(27)16-22-8-9-28-16)13-10-23-18(24-11-13)25-12-19(5-3-6-19)15-14(20)4-2-7-21-15/h2,4,7-11H,3,5-6,12H2,1H3,(H,23,24,25). The number of carbonyl (C=O) groups excluding carboxylic acids is 1. The molecule has 144 valence electrons. The molecule has 0 aromatic carbocycles. The highest BCUT2D eigenvalue weighted by Crippen LogP contribution is 2.43. The number of carbonyl (C=O) groups is 1. The van der Waals surface area contributed by atoms with Crippen molar-refractivity contribution in [1.29, 1.82) is 0 Å². The smallest absolute Gasteiger partial charge is 0.287 e. The molecule has 28 heavy (non-hydrogen) atoms. The van der Waals surface area contributed by atoms with Crippen molar-refractivity contribution in [2.75, 3.05) is 23.8 Å². The lowest BCUT2D eigenvalue weighted by atomic mass is 9.66. The molecule has 3 aromatic rings. The summed E-state index contributed by atoms with van der Waals surface area (Å²) in [6, 6.07) is 3.05. The van der Waals surface area contributed by atoms with Gasteiger partial charge in [-0.3, -0.25) is 9.78 Å². The molecule has 1 fully saturated rings. The number of aromatic nitrogens is 4. The zero-order valence-electron chi connectivity index (χ0n) is 15.3. The maximum absolute atomic E-state index is 14.2. The number of hydrogen-bond donors (Lipinski definition) is 1. The van der Waals surface area contributed by atoms with Gasteiger partial charge in [0, 0.05) is 36.8 Å². The molecule has 4 rings (SSSR count). The van der Waals surface area contributed by atoms with Crippen LogP contribution in [-0.4, -0.2) is 39.4 Å². The lowest BCUT2D eigenvalue weighted by Gasteiger charge is -2.41. The molecule has 3 heterocycles. The van der Waals surface area contributed by atoms with Gasteiger partial charge in [-0.1, -0.05) is 6.42 Å². The number of nitrogens with one attached hydrogen (secondary N) is 1. The predicted octanol–water partition coefficient (Wildman–Crippen LogP) is 3.28. The molecule has 9 heteroatoms. The number of amides is 1. The molecule has 1 N–H and O–H groups in total. The van der Waals surface area contributed by atoms with Crippen LogP contribution >= 0.6 is 11.3 Å². The van der Waals surface area contributed by atoms with Crippen LogP contribution in [0.1, 0.15) is 34.8 Å².